The fourth-order valence-electron chi connectivity index (χ4n) is 2.67. The average molecular weight is 203 g/mol. The van der Waals surface area contributed by atoms with E-state index in [2.05, 4.69) is 18.9 Å². The largest absolute Gasteiger partial charge is 0.304 e. The summed E-state index contributed by atoms with van der Waals surface area (Å²) < 4.78 is 22.3. The number of sulfone groups is 1. The molecule has 0 aliphatic carbocycles. The van der Waals surface area contributed by atoms with Crippen molar-refractivity contribution >= 4 is 9.84 Å². The smallest absolute Gasteiger partial charge is 0.151 e. The minimum Gasteiger partial charge on any atom is -0.304 e. The molecule has 0 aromatic rings. The van der Waals surface area contributed by atoms with Gasteiger partial charge in [0.25, 0.3) is 0 Å². The van der Waals surface area contributed by atoms with E-state index in [4.69, 9.17) is 0 Å². The molecule has 1 unspecified atom stereocenters. The van der Waals surface area contributed by atoms with Crippen molar-refractivity contribution in [3.05, 3.63) is 0 Å². The van der Waals surface area contributed by atoms with Crippen molar-refractivity contribution < 1.29 is 8.42 Å². The summed E-state index contributed by atoms with van der Waals surface area (Å²) in [6, 6.07) is 0.546. The topological polar surface area (TPSA) is 37.4 Å². The molecule has 0 bridgehead atoms. The van der Waals surface area contributed by atoms with Crippen LogP contribution in [0.15, 0.2) is 0 Å². The maximum atomic E-state index is 11.1. The average Bonchev–Trinajstić information content (AvgIpc) is 1.94. The minimum atomic E-state index is -2.65. The van der Waals surface area contributed by atoms with Gasteiger partial charge in [0.05, 0.1) is 11.5 Å². The van der Waals surface area contributed by atoms with Gasteiger partial charge < -0.3 is 4.90 Å². The van der Waals surface area contributed by atoms with Crippen molar-refractivity contribution in [1.82, 2.24) is 4.90 Å². The third-order valence-electron chi connectivity index (χ3n) is 3.53. The first kappa shape index (κ1) is 9.46. The van der Waals surface area contributed by atoms with Crippen LogP contribution in [0, 0.1) is 5.41 Å². The van der Waals surface area contributed by atoms with Crippen molar-refractivity contribution in [2.45, 2.75) is 25.8 Å². The van der Waals surface area contributed by atoms with Crippen LogP contribution in [-0.2, 0) is 9.84 Å². The number of nitrogens with zero attached hydrogens (tertiary/aromatic N) is 1. The lowest BCUT2D eigenvalue weighted by molar-refractivity contribution is 0.0969. The number of hydrogen-bond donors (Lipinski definition) is 0. The summed E-state index contributed by atoms with van der Waals surface area (Å²) in [5.41, 5.74) is 0.157. The van der Waals surface area contributed by atoms with Crippen LogP contribution in [0.2, 0.25) is 0 Å². The lowest BCUT2D eigenvalue weighted by Gasteiger charge is -2.49. The Kier molecular flexibility index (Phi) is 1.97. The first-order chi connectivity index (χ1) is 5.93. The molecule has 1 spiro atoms. The molecule has 13 heavy (non-hydrogen) atoms. The van der Waals surface area contributed by atoms with Gasteiger partial charge in [0.2, 0.25) is 0 Å². The normalized spacial score (nSPS) is 37.2. The molecule has 2 fully saturated rings. The van der Waals surface area contributed by atoms with Gasteiger partial charge in [-0.15, -0.1) is 0 Å². The van der Waals surface area contributed by atoms with Gasteiger partial charge in [-0.1, -0.05) is 0 Å². The summed E-state index contributed by atoms with van der Waals surface area (Å²) >= 11 is 0. The molecule has 3 nitrogen and oxygen atoms in total. The Labute approximate surface area is 80.0 Å². The Morgan fingerprint density at radius 1 is 1.38 bits per heavy atom. The number of likely N-dealkylation sites (tertiary alicyclic amines) is 1. The standard InChI is InChI=1S/C9H17NO2S/c1-8-5-9(3-4-10(8)2)6-13(11,12)7-9/h8H,3-7H2,1-2H3. The second-order valence-corrected chi connectivity index (χ2v) is 6.88. The summed E-state index contributed by atoms with van der Waals surface area (Å²) in [5, 5.41) is 0. The van der Waals surface area contributed by atoms with Crippen molar-refractivity contribution in [3.63, 3.8) is 0 Å². The third-order valence-corrected chi connectivity index (χ3v) is 5.63. The maximum absolute atomic E-state index is 11.1. The van der Waals surface area contributed by atoms with Gasteiger partial charge >= 0.3 is 0 Å². The van der Waals surface area contributed by atoms with Crippen LogP contribution in [0.25, 0.3) is 0 Å². The molecule has 4 heteroatoms. The predicted molar refractivity (Wildman–Crippen MR) is 52.4 cm³/mol. The zero-order chi connectivity index (χ0) is 9.69. The lowest BCUT2D eigenvalue weighted by atomic mass is 9.78. The fraction of sp³-hybridized carbons (Fsp3) is 1.00. The molecular formula is C9H17NO2S. The Hall–Kier alpha value is -0.0900. The van der Waals surface area contributed by atoms with Gasteiger partial charge in [-0.3, -0.25) is 0 Å². The SMILES string of the molecule is CC1CC2(CCN1C)CS(=O)(=O)C2. The minimum absolute atomic E-state index is 0.157. The maximum Gasteiger partial charge on any atom is 0.151 e. The van der Waals surface area contributed by atoms with E-state index in [0.29, 0.717) is 17.5 Å². The first-order valence-corrected chi connectivity index (χ1v) is 6.65. The second-order valence-electron chi connectivity index (χ2n) is 4.82. The van der Waals surface area contributed by atoms with Crippen LogP contribution in [0.1, 0.15) is 19.8 Å². The molecule has 0 aromatic heterocycles. The highest BCUT2D eigenvalue weighted by Crippen LogP contribution is 2.43. The summed E-state index contributed by atoms with van der Waals surface area (Å²) in [5.74, 6) is 0.885. The molecule has 0 radical (unpaired) electrons. The highest BCUT2D eigenvalue weighted by atomic mass is 32.2. The molecular weight excluding hydrogens is 186 g/mol. The second kappa shape index (κ2) is 2.70. The van der Waals surface area contributed by atoms with Gasteiger partial charge in [-0.25, -0.2) is 8.42 Å². The summed E-state index contributed by atoms with van der Waals surface area (Å²) in [7, 11) is -0.533. The highest BCUT2D eigenvalue weighted by molar-refractivity contribution is 7.92. The Morgan fingerprint density at radius 3 is 2.46 bits per heavy atom. The van der Waals surface area contributed by atoms with E-state index in [1.807, 2.05) is 0 Å². The van der Waals surface area contributed by atoms with E-state index in [-0.39, 0.29) is 5.41 Å². The molecule has 0 N–H and O–H groups in total. The van der Waals surface area contributed by atoms with Gasteiger partial charge in [-0.05, 0) is 33.4 Å². The third kappa shape index (κ3) is 1.62. The molecule has 76 valence electrons. The number of rotatable bonds is 0. The summed E-state index contributed by atoms with van der Waals surface area (Å²) in [4.78, 5) is 2.32. The van der Waals surface area contributed by atoms with Crippen LogP contribution >= 0.6 is 0 Å². The van der Waals surface area contributed by atoms with E-state index in [0.717, 1.165) is 19.4 Å². The van der Waals surface area contributed by atoms with Crippen LogP contribution < -0.4 is 0 Å². The zero-order valence-electron chi connectivity index (χ0n) is 8.28. The molecule has 1 atom stereocenters. The number of hydrogen-bond acceptors (Lipinski definition) is 3. The molecule has 2 heterocycles. The van der Waals surface area contributed by atoms with Gasteiger partial charge in [0.1, 0.15) is 0 Å². The van der Waals surface area contributed by atoms with Crippen molar-refractivity contribution in [1.29, 1.82) is 0 Å². The zero-order valence-corrected chi connectivity index (χ0v) is 9.10. The first-order valence-electron chi connectivity index (χ1n) is 4.83. The van der Waals surface area contributed by atoms with Gasteiger partial charge in [-0.2, -0.15) is 0 Å². The highest BCUT2D eigenvalue weighted by Gasteiger charge is 2.50. The quantitative estimate of drug-likeness (QED) is 0.576. The number of piperidine rings is 1. The van der Waals surface area contributed by atoms with E-state index < -0.39 is 9.84 Å². The molecule has 0 amide bonds. The molecule has 2 saturated heterocycles. The molecule has 0 aromatic carbocycles. The lowest BCUT2D eigenvalue weighted by Crippen LogP contribution is -2.56. The predicted octanol–water partition coefficient (Wildman–Crippen LogP) is 0.515. The summed E-state index contributed by atoms with van der Waals surface area (Å²) in [6.45, 7) is 3.24. The van der Waals surface area contributed by atoms with Crippen LogP contribution in [-0.4, -0.2) is 44.5 Å². The van der Waals surface area contributed by atoms with Gasteiger partial charge in [0, 0.05) is 11.5 Å². The molecule has 2 rings (SSSR count). The van der Waals surface area contributed by atoms with E-state index in [1.165, 1.54) is 0 Å². The van der Waals surface area contributed by atoms with Crippen molar-refractivity contribution in [2.75, 3.05) is 25.1 Å². The Morgan fingerprint density at radius 2 is 2.00 bits per heavy atom. The molecule has 0 saturated carbocycles. The van der Waals surface area contributed by atoms with E-state index in [9.17, 15) is 8.42 Å². The van der Waals surface area contributed by atoms with E-state index >= 15 is 0 Å². The van der Waals surface area contributed by atoms with Crippen LogP contribution in [0.5, 0.6) is 0 Å². The Balaban J connectivity index is 2.05. The fourth-order valence-corrected chi connectivity index (χ4v) is 4.98. The van der Waals surface area contributed by atoms with Crippen molar-refractivity contribution in [3.8, 4) is 0 Å². The van der Waals surface area contributed by atoms with Crippen LogP contribution in [0.3, 0.4) is 0 Å². The molecule has 2 aliphatic heterocycles. The van der Waals surface area contributed by atoms with Crippen molar-refractivity contribution in [2.24, 2.45) is 5.41 Å². The van der Waals surface area contributed by atoms with Crippen LogP contribution in [0.4, 0.5) is 0 Å². The van der Waals surface area contributed by atoms with E-state index in [1.54, 1.807) is 0 Å². The monoisotopic (exact) mass is 203 g/mol. The van der Waals surface area contributed by atoms with Gasteiger partial charge in [0.15, 0.2) is 9.84 Å². The summed E-state index contributed by atoms with van der Waals surface area (Å²) in [6.07, 6.45) is 2.12. The Bertz CT molecular complexity index is 298. The molecule has 2 aliphatic rings.